The normalized spacial score (nSPS) is 18.3. The van der Waals surface area contributed by atoms with Gasteiger partial charge in [-0.15, -0.1) is 22.7 Å². The van der Waals surface area contributed by atoms with E-state index < -0.39 is 0 Å². The Morgan fingerprint density at radius 3 is 1.95 bits per heavy atom. The Morgan fingerprint density at radius 1 is 0.509 bits per heavy atom. The Labute approximate surface area is 338 Å². The number of para-hydroxylation sites is 1. The minimum atomic E-state index is -0.0872. The minimum absolute atomic E-state index is 0.0314. The number of benzene rings is 7. The van der Waals surface area contributed by atoms with Gasteiger partial charge in [-0.25, -0.2) is 0 Å². The molecule has 7 aromatic carbocycles. The second kappa shape index (κ2) is 13.4. The first-order valence-electron chi connectivity index (χ1n) is 19.8. The van der Waals surface area contributed by atoms with Crippen LogP contribution in [0, 0.1) is 0 Å². The van der Waals surface area contributed by atoms with Crippen LogP contribution in [0.1, 0.15) is 52.9 Å². The van der Waals surface area contributed by atoms with Crippen LogP contribution in [0.2, 0.25) is 0 Å². The number of fused-ring (bicyclic) bond motifs is 9. The highest BCUT2D eigenvalue weighted by molar-refractivity contribution is 7.26. The molecule has 0 radical (unpaired) electrons. The van der Waals surface area contributed by atoms with Crippen LogP contribution in [0.5, 0.6) is 0 Å². The molecule has 57 heavy (non-hydrogen) atoms. The fourth-order valence-corrected chi connectivity index (χ4v) is 11.8. The van der Waals surface area contributed by atoms with Crippen molar-refractivity contribution in [3.63, 3.8) is 0 Å². The Bertz CT molecular complexity index is 3140. The van der Waals surface area contributed by atoms with E-state index in [4.69, 9.17) is 0 Å². The molecule has 3 aromatic heterocycles. The van der Waals surface area contributed by atoms with Gasteiger partial charge in [-0.2, -0.15) is 0 Å². The highest BCUT2D eigenvalue weighted by atomic mass is 32.1. The van der Waals surface area contributed by atoms with E-state index in [0.717, 1.165) is 12.8 Å². The number of nitrogens with zero attached hydrogens (tertiary/aromatic N) is 1. The van der Waals surface area contributed by atoms with Crippen molar-refractivity contribution in [2.24, 2.45) is 0 Å². The van der Waals surface area contributed by atoms with Crippen LogP contribution in [-0.4, -0.2) is 4.57 Å². The molecule has 2 atom stereocenters. The Balaban J connectivity index is 1.04. The van der Waals surface area contributed by atoms with Crippen LogP contribution in [0.15, 0.2) is 164 Å². The summed E-state index contributed by atoms with van der Waals surface area (Å²) in [5.74, 6) is 0. The molecule has 1 fully saturated rings. The summed E-state index contributed by atoms with van der Waals surface area (Å²) in [6, 6.07) is 58.1. The van der Waals surface area contributed by atoms with Gasteiger partial charge >= 0.3 is 0 Å². The van der Waals surface area contributed by atoms with Crippen LogP contribution in [0.3, 0.4) is 0 Å². The maximum absolute atomic E-state index is 3.95. The Hall–Kier alpha value is -5.86. The summed E-state index contributed by atoms with van der Waals surface area (Å²) in [6.45, 7) is 0. The first-order chi connectivity index (χ1) is 28.3. The molecule has 6 heteroatoms. The molecule has 0 amide bonds. The summed E-state index contributed by atoms with van der Waals surface area (Å²) in [7, 11) is 0. The van der Waals surface area contributed by atoms with Crippen molar-refractivity contribution in [2.45, 2.75) is 31.3 Å². The van der Waals surface area contributed by atoms with E-state index in [1.165, 1.54) is 96.0 Å². The van der Waals surface area contributed by atoms with Crippen molar-refractivity contribution in [1.82, 2.24) is 20.5 Å². The summed E-state index contributed by atoms with van der Waals surface area (Å²) in [4.78, 5) is 0. The lowest BCUT2D eigenvalue weighted by Gasteiger charge is -2.40. The monoisotopic (exact) mass is 770 g/mol. The lowest BCUT2D eigenvalue weighted by molar-refractivity contribution is 0.204. The van der Waals surface area contributed by atoms with E-state index in [9.17, 15) is 0 Å². The van der Waals surface area contributed by atoms with E-state index in [1.54, 1.807) is 0 Å². The van der Waals surface area contributed by atoms with Gasteiger partial charge in [0, 0.05) is 57.0 Å². The average Bonchev–Trinajstić information content (AvgIpc) is 3.96. The Morgan fingerprint density at radius 2 is 1.16 bits per heavy atom. The predicted molar refractivity (Wildman–Crippen MR) is 242 cm³/mol. The number of thiophene rings is 2. The predicted octanol–water partition coefficient (Wildman–Crippen LogP) is 13.2. The third-order valence-electron chi connectivity index (χ3n) is 12.0. The van der Waals surface area contributed by atoms with Crippen LogP contribution < -0.4 is 16.0 Å². The molecule has 1 saturated heterocycles. The third kappa shape index (κ3) is 5.37. The van der Waals surface area contributed by atoms with Crippen molar-refractivity contribution in [3.8, 4) is 16.8 Å². The number of rotatable bonds is 5. The minimum Gasteiger partial charge on any atom is -0.312 e. The van der Waals surface area contributed by atoms with Gasteiger partial charge in [-0.3, -0.25) is 16.0 Å². The van der Waals surface area contributed by atoms with Gasteiger partial charge in [0.2, 0.25) is 0 Å². The third-order valence-corrected chi connectivity index (χ3v) is 14.3. The molecule has 274 valence electrons. The van der Waals surface area contributed by atoms with Crippen molar-refractivity contribution in [3.05, 3.63) is 192 Å². The van der Waals surface area contributed by atoms with Crippen LogP contribution in [-0.2, 0) is 6.42 Å². The van der Waals surface area contributed by atoms with Gasteiger partial charge in [-0.05, 0) is 83.1 Å². The second-order valence-corrected chi connectivity index (χ2v) is 17.4. The summed E-state index contributed by atoms with van der Waals surface area (Å²) < 4.78 is 7.80. The molecule has 0 bridgehead atoms. The summed E-state index contributed by atoms with van der Waals surface area (Å²) in [5.41, 5.74) is 11.5. The van der Waals surface area contributed by atoms with E-state index >= 15 is 0 Å². The standard InChI is InChI=1S/C51H38N4S2/c1-3-14-31(15-4-1)49-52-50(32-16-5-2-6-17-32)54-51(53-49)37-21-12-25-43-46(37)38-30-33(28-29-42(38)56-43)34-20-11-26-44-47(34)48-41(24-13-27-45(48)57-44)55-39-22-9-7-18-35(39)36-19-8-10-23-40(36)55/h1-9,11-22,24-30,49-54H,10,23H2. The maximum Gasteiger partial charge on any atom is 0.0871 e. The fraction of sp³-hybridized carbons (Fsp3) is 0.0980. The molecule has 4 nitrogen and oxygen atoms in total. The molecule has 3 N–H and O–H groups in total. The molecule has 2 aliphatic rings. The molecule has 0 saturated carbocycles. The van der Waals surface area contributed by atoms with Gasteiger partial charge in [0.1, 0.15) is 0 Å². The quantitative estimate of drug-likeness (QED) is 0.163. The number of allylic oxidation sites excluding steroid dienone is 1. The van der Waals surface area contributed by atoms with Gasteiger partial charge in [0.05, 0.1) is 29.7 Å². The van der Waals surface area contributed by atoms with Crippen molar-refractivity contribution in [1.29, 1.82) is 0 Å². The second-order valence-electron chi connectivity index (χ2n) is 15.2. The summed E-state index contributed by atoms with van der Waals surface area (Å²) >= 11 is 3.79. The first-order valence-corrected chi connectivity index (χ1v) is 21.5. The molecule has 1 aliphatic carbocycles. The van der Waals surface area contributed by atoms with Gasteiger partial charge in [0.25, 0.3) is 0 Å². The fourth-order valence-electron chi connectivity index (χ4n) is 9.48. The van der Waals surface area contributed by atoms with E-state index in [1.807, 2.05) is 22.7 Å². The smallest absolute Gasteiger partial charge is 0.0871 e. The molecule has 0 spiro atoms. The van der Waals surface area contributed by atoms with Crippen LogP contribution in [0.4, 0.5) is 0 Å². The van der Waals surface area contributed by atoms with E-state index in [0.29, 0.717) is 0 Å². The lowest BCUT2D eigenvalue weighted by Crippen LogP contribution is -2.54. The maximum atomic E-state index is 3.95. The molecule has 10 aromatic rings. The van der Waals surface area contributed by atoms with Gasteiger partial charge < -0.3 is 4.57 Å². The summed E-state index contributed by atoms with van der Waals surface area (Å²) in [5, 5.41) is 18.4. The molecule has 1 aliphatic heterocycles. The van der Waals surface area contributed by atoms with E-state index in [2.05, 4.69) is 190 Å². The average molecular weight is 771 g/mol. The lowest BCUT2D eigenvalue weighted by atomic mass is 9.96. The molecule has 2 unspecified atom stereocenters. The number of aromatic nitrogens is 1. The largest absolute Gasteiger partial charge is 0.312 e. The first kappa shape index (κ1) is 33.3. The summed E-state index contributed by atoms with van der Waals surface area (Å²) in [6.07, 6.45) is 6.61. The van der Waals surface area contributed by atoms with Gasteiger partial charge in [-0.1, -0.05) is 127 Å². The van der Waals surface area contributed by atoms with Crippen LogP contribution >= 0.6 is 22.7 Å². The molecule has 4 heterocycles. The van der Waals surface area contributed by atoms with Crippen molar-refractivity contribution in [2.75, 3.05) is 0 Å². The zero-order chi connectivity index (χ0) is 37.5. The van der Waals surface area contributed by atoms with Gasteiger partial charge in [0.15, 0.2) is 0 Å². The van der Waals surface area contributed by atoms with Crippen LogP contribution in [0.25, 0.3) is 74.1 Å². The topological polar surface area (TPSA) is 41.0 Å². The van der Waals surface area contributed by atoms with Crippen molar-refractivity contribution >= 4 is 80.0 Å². The SMILES string of the molecule is C1=Cc2c(n(-c3cccc4sc5cccc(-c6ccc7sc8cccc(C9NC(c%10ccccc%10)NC(c%10ccccc%10)N9)c8c7c6)c5c34)c3ccccc23)CC1. The zero-order valence-corrected chi connectivity index (χ0v) is 32.7. The van der Waals surface area contributed by atoms with E-state index in [-0.39, 0.29) is 18.5 Å². The molecular weight excluding hydrogens is 733 g/mol. The molecular formula is C51H38N4S2. The molecule has 12 rings (SSSR count). The number of nitrogens with one attached hydrogen (secondary N) is 3. The van der Waals surface area contributed by atoms with Crippen molar-refractivity contribution < 1.29 is 0 Å². The highest BCUT2D eigenvalue weighted by Gasteiger charge is 2.31. The highest BCUT2D eigenvalue weighted by Crippen LogP contribution is 2.47. The Kier molecular flexibility index (Phi) is 7.81. The number of hydrogen-bond acceptors (Lipinski definition) is 5. The number of hydrogen-bond donors (Lipinski definition) is 3. The zero-order valence-electron chi connectivity index (χ0n) is 31.1.